The van der Waals surface area contributed by atoms with Crippen LogP contribution in [0.3, 0.4) is 0 Å². The highest BCUT2D eigenvalue weighted by atomic mass is 16.6. The molecular formula is C27H52N2O7. The van der Waals surface area contributed by atoms with Crippen LogP contribution in [0.25, 0.3) is 0 Å². The maximum Gasteiger partial charge on any atom is 0.309 e. The Balaban J connectivity index is -0.000000488. The number of hydrogen-bond acceptors (Lipinski definition) is 8. The maximum atomic E-state index is 11.7. The van der Waals surface area contributed by atoms with Crippen molar-refractivity contribution in [3.63, 3.8) is 0 Å². The van der Waals surface area contributed by atoms with Crippen LogP contribution in [0, 0.1) is 11.8 Å². The van der Waals surface area contributed by atoms with Crippen LogP contribution in [-0.4, -0.2) is 55.0 Å². The van der Waals surface area contributed by atoms with Gasteiger partial charge in [0.1, 0.15) is 6.61 Å². The van der Waals surface area contributed by atoms with Gasteiger partial charge in [-0.15, -0.1) is 0 Å². The molecule has 212 valence electrons. The van der Waals surface area contributed by atoms with Crippen LogP contribution < -0.4 is 5.32 Å². The van der Waals surface area contributed by atoms with Gasteiger partial charge in [-0.2, -0.15) is 0 Å². The predicted octanol–water partition coefficient (Wildman–Crippen LogP) is 6.13. The fourth-order valence-electron chi connectivity index (χ4n) is 2.92. The second-order valence-corrected chi connectivity index (χ2v) is 7.99. The lowest BCUT2D eigenvalue weighted by molar-refractivity contribution is -0.153. The molecule has 0 aliphatic heterocycles. The summed E-state index contributed by atoms with van der Waals surface area (Å²) in [6.45, 7) is 15.1. The lowest BCUT2D eigenvalue weighted by Crippen LogP contribution is -2.33. The number of oxime groups is 1. The normalized spacial score (nSPS) is 14.9. The SMILES string of the molecule is C/C=C\C(=N/O)NC(=O)C(C)CC.C=C(O)OC.CC.CCCC(COC(=O)C1CCCCC1)OC. The van der Waals surface area contributed by atoms with E-state index in [1.165, 1.54) is 32.4 Å². The molecule has 0 spiro atoms. The highest BCUT2D eigenvalue weighted by Gasteiger charge is 2.23. The third-order valence-corrected chi connectivity index (χ3v) is 5.27. The van der Waals surface area contributed by atoms with Crippen LogP contribution in [-0.2, 0) is 23.8 Å². The van der Waals surface area contributed by atoms with E-state index >= 15 is 0 Å². The number of nitrogens with one attached hydrogen (secondary N) is 1. The number of methoxy groups -OCH3 is 2. The second kappa shape index (κ2) is 27.0. The van der Waals surface area contributed by atoms with Gasteiger partial charge in [-0.25, -0.2) is 0 Å². The Labute approximate surface area is 219 Å². The minimum absolute atomic E-state index is 0.0159. The number of rotatable bonds is 10. The average molecular weight is 517 g/mol. The van der Waals surface area contributed by atoms with Crippen molar-refractivity contribution >= 4 is 17.7 Å². The van der Waals surface area contributed by atoms with Gasteiger partial charge in [-0.3, -0.25) is 9.59 Å². The van der Waals surface area contributed by atoms with Gasteiger partial charge in [0.25, 0.3) is 5.95 Å². The number of ether oxygens (including phenoxy) is 3. The van der Waals surface area contributed by atoms with Crippen LogP contribution in [0.1, 0.15) is 92.9 Å². The van der Waals surface area contributed by atoms with Crippen LogP contribution >= 0.6 is 0 Å². The van der Waals surface area contributed by atoms with E-state index in [4.69, 9.17) is 19.8 Å². The number of aliphatic hydroxyl groups excluding tert-OH is 1. The van der Waals surface area contributed by atoms with Crippen molar-refractivity contribution in [3.8, 4) is 0 Å². The number of amides is 1. The molecule has 0 heterocycles. The summed E-state index contributed by atoms with van der Waals surface area (Å²) in [7, 11) is 3.02. The van der Waals surface area contributed by atoms with E-state index < -0.39 is 0 Å². The minimum Gasteiger partial charge on any atom is -0.481 e. The first kappa shape index (κ1) is 38.0. The van der Waals surface area contributed by atoms with Crippen molar-refractivity contribution in [2.75, 3.05) is 20.8 Å². The highest BCUT2D eigenvalue weighted by Crippen LogP contribution is 2.24. The smallest absolute Gasteiger partial charge is 0.309 e. The molecular weight excluding hydrogens is 464 g/mol. The number of amidine groups is 1. The zero-order chi connectivity index (χ0) is 28.4. The lowest BCUT2D eigenvalue weighted by Gasteiger charge is -2.21. The molecule has 0 radical (unpaired) electrons. The molecule has 2 atom stereocenters. The van der Waals surface area contributed by atoms with Crippen molar-refractivity contribution < 1.29 is 34.1 Å². The van der Waals surface area contributed by atoms with Crippen molar-refractivity contribution in [1.29, 1.82) is 0 Å². The first-order chi connectivity index (χ1) is 17.2. The molecule has 36 heavy (non-hydrogen) atoms. The number of esters is 1. The lowest BCUT2D eigenvalue weighted by atomic mass is 9.89. The van der Waals surface area contributed by atoms with E-state index in [-0.39, 0.29) is 41.6 Å². The number of hydrogen-bond donors (Lipinski definition) is 3. The maximum absolute atomic E-state index is 11.7. The van der Waals surface area contributed by atoms with Crippen molar-refractivity contribution in [3.05, 3.63) is 24.7 Å². The van der Waals surface area contributed by atoms with Crippen LogP contribution in [0.2, 0.25) is 0 Å². The molecule has 0 bridgehead atoms. The van der Waals surface area contributed by atoms with E-state index in [0.29, 0.717) is 6.61 Å². The Morgan fingerprint density at radius 2 is 1.72 bits per heavy atom. The average Bonchev–Trinajstić information content (AvgIpc) is 2.92. The Hall–Kier alpha value is -2.55. The Bertz CT molecular complexity index is 615. The number of allylic oxidation sites excluding steroid dienone is 1. The third-order valence-electron chi connectivity index (χ3n) is 5.27. The summed E-state index contributed by atoms with van der Waals surface area (Å²) < 4.78 is 14.7. The van der Waals surface area contributed by atoms with Gasteiger partial charge in [0.05, 0.1) is 19.1 Å². The summed E-state index contributed by atoms with van der Waals surface area (Å²) in [6, 6.07) is 0. The van der Waals surface area contributed by atoms with Gasteiger partial charge in [-0.05, 0) is 45.3 Å². The molecule has 1 fully saturated rings. The highest BCUT2D eigenvalue weighted by molar-refractivity contribution is 6.04. The minimum atomic E-state index is -0.245. The molecule has 0 saturated heterocycles. The predicted molar refractivity (Wildman–Crippen MR) is 145 cm³/mol. The standard InChI is InChI=1S/C13H24O3.C9H16N2O2.C3H6O2.C2H6/c1-3-7-12(15-2)10-16-13(14)11-8-5-4-6-9-11;1-4-6-8(11-13)10-9(12)7(3)5-2;1-3(4)5-2;1-2/h11-12H,3-10H2,1-2H3;4,6-7,13H,5H2,1-3H3,(H,10,11,12);4H,1H2,2H3;1-2H3/b;6-4-;;. The van der Waals surface area contributed by atoms with Gasteiger partial charge in [-0.1, -0.05) is 71.5 Å². The van der Waals surface area contributed by atoms with E-state index in [9.17, 15) is 9.59 Å². The van der Waals surface area contributed by atoms with Gasteiger partial charge in [0.15, 0.2) is 5.84 Å². The van der Waals surface area contributed by atoms with Gasteiger partial charge < -0.3 is 29.8 Å². The van der Waals surface area contributed by atoms with Crippen molar-refractivity contribution in [2.45, 2.75) is 99.0 Å². The van der Waals surface area contributed by atoms with E-state index in [1.54, 1.807) is 20.1 Å². The molecule has 1 saturated carbocycles. The zero-order valence-electron chi connectivity index (χ0n) is 23.8. The fraction of sp³-hybridized carbons (Fsp3) is 0.741. The van der Waals surface area contributed by atoms with Gasteiger partial charge in [0.2, 0.25) is 5.91 Å². The molecule has 3 N–H and O–H groups in total. The molecule has 0 aromatic carbocycles. The first-order valence-electron chi connectivity index (χ1n) is 13.0. The monoisotopic (exact) mass is 516 g/mol. The molecule has 0 aromatic rings. The third kappa shape index (κ3) is 21.9. The Morgan fingerprint density at radius 3 is 2.11 bits per heavy atom. The van der Waals surface area contributed by atoms with Crippen LogP contribution in [0.5, 0.6) is 0 Å². The quantitative estimate of drug-likeness (QED) is 0.0796. The van der Waals surface area contributed by atoms with Gasteiger partial charge in [0, 0.05) is 13.0 Å². The fourth-order valence-corrected chi connectivity index (χ4v) is 2.92. The van der Waals surface area contributed by atoms with E-state index in [2.05, 4.69) is 28.7 Å². The molecule has 9 nitrogen and oxygen atoms in total. The summed E-state index contributed by atoms with van der Waals surface area (Å²) in [5.41, 5.74) is 0. The summed E-state index contributed by atoms with van der Waals surface area (Å²) in [5.74, 6) is -0.140. The molecule has 1 aliphatic rings. The molecule has 1 rings (SSSR count). The van der Waals surface area contributed by atoms with Crippen LogP contribution in [0.4, 0.5) is 0 Å². The molecule has 0 aromatic heterocycles. The number of nitrogens with zero attached hydrogens (tertiary/aromatic N) is 1. The largest absolute Gasteiger partial charge is 0.481 e. The topological polar surface area (TPSA) is 127 Å². The molecule has 1 aliphatic carbocycles. The second-order valence-electron chi connectivity index (χ2n) is 7.99. The summed E-state index contributed by atoms with van der Waals surface area (Å²) in [4.78, 5) is 23.0. The Kier molecular flexibility index (Phi) is 28.5. The summed E-state index contributed by atoms with van der Waals surface area (Å²) in [6.07, 6.45) is 11.7. The van der Waals surface area contributed by atoms with E-state index in [1.807, 2.05) is 27.7 Å². The molecule has 9 heteroatoms. The molecule has 1 amide bonds. The van der Waals surface area contributed by atoms with Crippen molar-refractivity contribution in [2.24, 2.45) is 17.0 Å². The summed E-state index contributed by atoms with van der Waals surface area (Å²) in [5, 5.41) is 21.9. The summed E-state index contributed by atoms with van der Waals surface area (Å²) >= 11 is 0. The number of carbonyl (C=O) groups excluding carboxylic acids is 2. The van der Waals surface area contributed by atoms with Crippen molar-refractivity contribution in [1.82, 2.24) is 5.32 Å². The number of aliphatic hydroxyl groups is 1. The number of carbonyl (C=O) groups is 2. The van der Waals surface area contributed by atoms with Crippen LogP contribution in [0.15, 0.2) is 29.8 Å². The first-order valence-corrected chi connectivity index (χ1v) is 13.0. The Morgan fingerprint density at radius 1 is 1.17 bits per heavy atom. The van der Waals surface area contributed by atoms with E-state index in [0.717, 1.165) is 32.1 Å². The van der Waals surface area contributed by atoms with Gasteiger partial charge >= 0.3 is 5.97 Å². The molecule has 2 unspecified atom stereocenters. The zero-order valence-corrected chi connectivity index (χ0v) is 23.8.